The molecule has 0 saturated carbocycles. The molecule has 1 aromatic rings. The normalized spacial score (nSPS) is 24.1. The van der Waals surface area contributed by atoms with Gasteiger partial charge in [0.2, 0.25) is 0 Å². The molecule has 18 heavy (non-hydrogen) atoms. The quantitative estimate of drug-likeness (QED) is 0.666. The van der Waals surface area contributed by atoms with Crippen molar-refractivity contribution in [1.29, 1.82) is 0 Å². The first-order chi connectivity index (χ1) is 8.50. The largest absolute Gasteiger partial charge is 0.333 e. The second-order valence-electron chi connectivity index (χ2n) is 4.97. The maximum atomic E-state index is 12.5. The monoisotopic (exact) mass is 377 g/mol. The van der Waals surface area contributed by atoms with E-state index in [-0.39, 0.29) is 5.91 Å². The molecule has 1 fully saturated rings. The molecule has 1 amide bonds. The van der Waals surface area contributed by atoms with Gasteiger partial charge in [-0.1, -0.05) is 11.6 Å². The Morgan fingerprint density at radius 1 is 1.33 bits per heavy atom. The molecule has 0 N–H and O–H groups in total. The van der Waals surface area contributed by atoms with Crippen LogP contribution in [0.5, 0.6) is 0 Å². The van der Waals surface area contributed by atoms with Gasteiger partial charge in [0.25, 0.3) is 5.91 Å². The van der Waals surface area contributed by atoms with E-state index in [2.05, 4.69) is 36.4 Å². The predicted octanol–water partition coefficient (Wildman–Crippen LogP) is 4.35. The molecule has 0 spiro atoms. The van der Waals surface area contributed by atoms with Gasteiger partial charge >= 0.3 is 0 Å². The van der Waals surface area contributed by atoms with Gasteiger partial charge in [-0.3, -0.25) is 4.79 Å². The number of nitrogens with zero attached hydrogens (tertiary/aromatic N) is 1. The van der Waals surface area contributed by atoms with E-state index in [1.165, 1.54) is 6.42 Å². The van der Waals surface area contributed by atoms with Crippen LogP contribution in [0, 0.1) is 3.57 Å². The smallest absolute Gasteiger partial charge is 0.254 e. The van der Waals surface area contributed by atoms with E-state index in [1.54, 1.807) is 6.07 Å². The van der Waals surface area contributed by atoms with Crippen molar-refractivity contribution in [3.05, 3.63) is 32.4 Å². The van der Waals surface area contributed by atoms with E-state index >= 15 is 0 Å². The van der Waals surface area contributed by atoms with Gasteiger partial charge in [0, 0.05) is 21.2 Å². The Morgan fingerprint density at radius 2 is 1.94 bits per heavy atom. The summed E-state index contributed by atoms with van der Waals surface area (Å²) in [5, 5.41) is 0.652. The molecule has 0 aromatic heterocycles. The lowest BCUT2D eigenvalue weighted by Crippen LogP contribution is -2.47. The Kier molecular flexibility index (Phi) is 4.54. The van der Waals surface area contributed by atoms with Gasteiger partial charge in [-0.05, 0) is 73.9 Å². The second kappa shape index (κ2) is 5.78. The number of rotatable bonds is 1. The SMILES string of the molecule is CC1CCCC(C)N1C(=O)c1ccc(I)c(Cl)c1. The van der Waals surface area contributed by atoms with E-state index in [0.717, 1.165) is 16.4 Å². The molecule has 2 nitrogen and oxygen atoms in total. The van der Waals surface area contributed by atoms with Crippen LogP contribution >= 0.6 is 34.2 Å². The highest BCUT2D eigenvalue weighted by Crippen LogP contribution is 2.26. The highest BCUT2D eigenvalue weighted by Gasteiger charge is 2.29. The molecule has 1 heterocycles. The van der Waals surface area contributed by atoms with Gasteiger partial charge < -0.3 is 4.90 Å². The van der Waals surface area contributed by atoms with Gasteiger partial charge in [0.15, 0.2) is 0 Å². The molecule has 4 heteroatoms. The lowest BCUT2D eigenvalue weighted by molar-refractivity contribution is 0.0511. The number of halogens is 2. The summed E-state index contributed by atoms with van der Waals surface area (Å²) in [5.41, 5.74) is 0.695. The Balaban J connectivity index is 2.26. The maximum absolute atomic E-state index is 12.5. The minimum absolute atomic E-state index is 0.105. The molecule has 0 radical (unpaired) electrons. The van der Waals surface area contributed by atoms with E-state index in [4.69, 9.17) is 11.6 Å². The summed E-state index contributed by atoms with van der Waals surface area (Å²) in [4.78, 5) is 14.6. The zero-order valence-electron chi connectivity index (χ0n) is 10.6. The molecule has 1 aliphatic rings. The number of hydrogen-bond donors (Lipinski definition) is 0. The molecule has 0 bridgehead atoms. The summed E-state index contributed by atoms with van der Waals surface area (Å²) in [5.74, 6) is 0.105. The van der Waals surface area contributed by atoms with Crippen LogP contribution in [0.2, 0.25) is 5.02 Å². The lowest BCUT2D eigenvalue weighted by Gasteiger charge is -2.39. The van der Waals surface area contributed by atoms with Crippen molar-refractivity contribution in [2.24, 2.45) is 0 Å². The molecule has 1 aliphatic heterocycles. The van der Waals surface area contributed by atoms with E-state index in [9.17, 15) is 4.79 Å². The van der Waals surface area contributed by atoms with Crippen LogP contribution in [0.25, 0.3) is 0 Å². The average Bonchev–Trinajstić information content (AvgIpc) is 2.32. The molecule has 98 valence electrons. The number of hydrogen-bond acceptors (Lipinski definition) is 1. The van der Waals surface area contributed by atoms with Crippen LogP contribution in [0.1, 0.15) is 43.5 Å². The van der Waals surface area contributed by atoms with Gasteiger partial charge in [-0.15, -0.1) is 0 Å². The van der Waals surface area contributed by atoms with Crippen LogP contribution < -0.4 is 0 Å². The Morgan fingerprint density at radius 3 is 2.50 bits per heavy atom. The molecule has 2 atom stereocenters. The fourth-order valence-electron chi connectivity index (χ4n) is 2.60. The van der Waals surface area contributed by atoms with Crippen LogP contribution in [0.4, 0.5) is 0 Å². The van der Waals surface area contributed by atoms with Gasteiger partial charge in [0.1, 0.15) is 0 Å². The van der Waals surface area contributed by atoms with Crippen LogP contribution in [0.3, 0.4) is 0 Å². The van der Waals surface area contributed by atoms with E-state index < -0.39 is 0 Å². The summed E-state index contributed by atoms with van der Waals surface area (Å²) in [6, 6.07) is 6.18. The number of carbonyl (C=O) groups excluding carboxylic acids is 1. The third-order valence-corrected chi connectivity index (χ3v) is 5.17. The van der Waals surface area contributed by atoms with Crippen molar-refractivity contribution in [1.82, 2.24) is 4.90 Å². The first-order valence-electron chi connectivity index (χ1n) is 6.28. The number of amides is 1. The molecular formula is C14H17ClINO. The molecule has 0 aliphatic carbocycles. The van der Waals surface area contributed by atoms with Crippen LogP contribution in [0.15, 0.2) is 18.2 Å². The minimum atomic E-state index is 0.105. The summed E-state index contributed by atoms with van der Waals surface area (Å²) < 4.78 is 0.977. The minimum Gasteiger partial charge on any atom is -0.333 e. The van der Waals surface area contributed by atoms with E-state index in [0.29, 0.717) is 22.7 Å². The van der Waals surface area contributed by atoms with Gasteiger partial charge in [0.05, 0.1) is 5.02 Å². The van der Waals surface area contributed by atoms with Crippen molar-refractivity contribution >= 4 is 40.1 Å². The Labute approximate surface area is 127 Å². The zero-order valence-corrected chi connectivity index (χ0v) is 13.5. The molecular weight excluding hydrogens is 361 g/mol. The summed E-state index contributed by atoms with van der Waals surface area (Å²) >= 11 is 8.26. The van der Waals surface area contributed by atoms with Crippen LogP contribution in [-0.2, 0) is 0 Å². The standard InChI is InChI=1S/C14H17ClINO/c1-9-4-3-5-10(2)17(9)14(18)11-6-7-13(16)12(15)8-11/h6-10H,3-5H2,1-2H3. The summed E-state index contributed by atoms with van der Waals surface area (Å²) in [6.07, 6.45) is 3.39. The fourth-order valence-corrected chi connectivity index (χ4v) is 3.12. The van der Waals surface area contributed by atoms with Gasteiger partial charge in [-0.25, -0.2) is 0 Å². The Hall–Kier alpha value is -0.290. The summed E-state index contributed by atoms with van der Waals surface area (Å²) in [7, 11) is 0. The third kappa shape index (κ3) is 2.82. The highest BCUT2D eigenvalue weighted by molar-refractivity contribution is 14.1. The van der Waals surface area contributed by atoms with Crippen LogP contribution in [-0.4, -0.2) is 22.9 Å². The molecule has 2 unspecified atom stereocenters. The van der Waals surface area contributed by atoms with Gasteiger partial charge in [-0.2, -0.15) is 0 Å². The second-order valence-corrected chi connectivity index (χ2v) is 6.54. The van der Waals surface area contributed by atoms with Crippen molar-refractivity contribution in [2.75, 3.05) is 0 Å². The topological polar surface area (TPSA) is 20.3 Å². The Bertz CT molecular complexity index is 453. The van der Waals surface area contributed by atoms with Crippen molar-refractivity contribution in [3.63, 3.8) is 0 Å². The summed E-state index contributed by atoms with van der Waals surface area (Å²) in [6.45, 7) is 4.25. The number of likely N-dealkylation sites (tertiary alicyclic amines) is 1. The zero-order chi connectivity index (χ0) is 13.3. The maximum Gasteiger partial charge on any atom is 0.254 e. The highest BCUT2D eigenvalue weighted by atomic mass is 127. The first-order valence-corrected chi connectivity index (χ1v) is 7.74. The first kappa shape index (κ1) is 14.1. The van der Waals surface area contributed by atoms with Crippen molar-refractivity contribution in [3.8, 4) is 0 Å². The molecule has 1 aromatic carbocycles. The van der Waals surface area contributed by atoms with Crippen molar-refractivity contribution in [2.45, 2.75) is 45.2 Å². The van der Waals surface area contributed by atoms with E-state index in [1.807, 2.05) is 17.0 Å². The average molecular weight is 378 g/mol. The molecule has 1 saturated heterocycles. The fraction of sp³-hybridized carbons (Fsp3) is 0.500. The molecule has 2 rings (SSSR count). The number of benzene rings is 1. The van der Waals surface area contributed by atoms with Crippen molar-refractivity contribution < 1.29 is 4.79 Å². The number of piperidine rings is 1. The number of carbonyl (C=O) groups is 1. The predicted molar refractivity (Wildman–Crippen MR) is 83.1 cm³/mol. The third-order valence-electron chi connectivity index (χ3n) is 3.59. The lowest BCUT2D eigenvalue weighted by atomic mass is 9.96.